The molecule has 0 amide bonds. The lowest BCUT2D eigenvalue weighted by Crippen LogP contribution is -2.16. The van der Waals surface area contributed by atoms with Crippen molar-refractivity contribution in [2.24, 2.45) is 0 Å². The van der Waals surface area contributed by atoms with Gasteiger partial charge in [0.2, 0.25) is 11.8 Å². The zero-order valence-corrected chi connectivity index (χ0v) is 20.9. The maximum atomic E-state index is 13.7. The van der Waals surface area contributed by atoms with Gasteiger partial charge in [-0.05, 0) is 55.8 Å². The number of aromatic nitrogens is 5. The van der Waals surface area contributed by atoms with E-state index < -0.39 is 0 Å². The van der Waals surface area contributed by atoms with E-state index in [4.69, 9.17) is 26.3 Å². The lowest BCUT2D eigenvalue weighted by atomic mass is 10.1. The number of hydrogen-bond donors (Lipinski definition) is 1. The summed E-state index contributed by atoms with van der Waals surface area (Å²) < 4.78 is 22.1. The highest BCUT2D eigenvalue weighted by atomic mass is 35.5. The van der Waals surface area contributed by atoms with Crippen molar-refractivity contribution in [1.82, 2.24) is 24.5 Å². The fourth-order valence-electron chi connectivity index (χ4n) is 4.77. The van der Waals surface area contributed by atoms with E-state index in [0.29, 0.717) is 30.0 Å². The third-order valence-corrected chi connectivity index (χ3v) is 6.73. The number of rotatable bonds is 7. The van der Waals surface area contributed by atoms with E-state index in [-0.39, 0.29) is 11.9 Å². The van der Waals surface area contributed by atoms with Crippen molar-refractivity contribution in [2.45, 2.75) is 25.8 Å². The van der Waals surface area contributed by atoms with Gasteiger partial charge in [0.25, 0.3) is 0 Å². The Labute approximate surface area is 218 Å². The first-order valence-electron chi connectivity index (χ1n) is 12.2. The third kappa shape index (κ3) is 4.49. The van der Waals surface area contributed by atoms with Crippen molar-refractivity contribution >= 4 is 28.5 Å². The summed E-state index contributed by atoms with van der Waals surface area (Å²) in [6.07, 6.45) is 3.37. The number of nitrogens with one attached hydrogen (secondary N) is 1. The second-order valence-corrected chi connectivity index (χ2v) is 9.28. The van der Waals surface area contributed by atoms with Crippen LogP contribution < -0.4 is 10.1 Å². The molecule has 0 saturated heterocycles. The molecule has 0 radical (unpaired) electrons. The van der Waals surface area contributed by atoms with Crippen LogP contribution in [0.5, 0.6) is 5.88 Å². The molecule has 3 aromatic heterocycles. The number of anilines is 1. The standard InChI is InChI=1S/C28H24ClFN6O/c1-2-31-28-32-14-13-23(34-28)26-25(17-7-9-19(30)10-8-17)35-24-12-11-20(36(24)26)16-37-27-21(29)15-18-5-3-4-6-22(18)33-27/h3-10,13-15,20H,2,11-12,16H2,1H3,(H,31,32,34). The molecule has 9 heteroatoms. The highest BCUT2D eigenvalue weighted by Gasteiger charge is 2.31. The zero-order valence-electron chi connectivity index (χ0n) is 20.2. The Bertz CT molecular complexity index is 1590. The lowest BCUT2D eigenvalue weighted by Gasteiger charge is -2.18. The number of hydrogen-bond acceptors (Lipinski definition) is 6. The highest BCUT2D eigenvalue weighted by Crippen LogP contribution is 2.40. The first-order chi connectivity index (χ1) is 18.1. The van der Waals surface area contributed by atoms with E-state index >= 15 is 0 Å². The minimum absolute atomic E-state index is 0.00594. The van der Waals surface area contributed by atoms with Gasteiger partial charge in [-0.15, -0.1) is 0 Å². The second-order valence-electron chi connectivity index (χ2n) is 8.87. The van der Waals surface area contributed by atoms with Crippen molar-refractivity contribution in [3.8, 4) is 28.5 Å². The van der Waals surface area contributed by atoms with E-state index in [2.05, 4.69) is 19.9 Å². The van der Waals surface area contributed by atoms with Gasteiger partial charge in [-0.3, -0.25) is 0 Å². The smallest absolute Gasteiger partial charge is 0.233 e. The van der Waals surface area contributed by atoms with Crippen molar-refractivity contribution in [2.75, 3.05) is 18.5 Å². The van der Waals surface area contributed by atoms with Crippen molar-refractivity contribution in [3.63, 3.8) is 0 Å². The summed E-state index contributed by atoms with van der Waals surface area (Å²) in [5, 5.41) is 4.61. The van der Waals surface area contributed by atoms with Crippen LogP contribution in [0.4, 0.5) is 10.3 Å². The zero-order chi connectivity index (χ0) is 25.4. The quantitative estimate of drug-likeness (QED) is 0.273. The summed E-state index contributed by atoms with van der Waals surface area (Å²) in [5.41, 5.74) is 3.99. The predicted molar refractivity (Wildman–Crippen MR) is 142 cm³/mol. The Morgan fingerprint density at radius 1 is 1.08 bits per heavy atom. The van der Waals surface area contributed by atoms with Gasteiger partial charge in [0.15, 0.2) is 0 Å². The molecular formula is C28H24ClFN6O. The predicted octanol–water partition coefficient (Wildman–Crippen LogP) is 6.35. The molecule has 37 heavy (non-hydrogen) atoms. The third-order valence-electron chi connectivity index (χ3n) is 6.46. The average molecular weight is 515 g/mol. The Morgan fingerprint density at radius 2 is 1.92 bits per heavy atom. The number of ether oxygens (including phenoxy) is 1. The molecule has 1 aliphatic heterocycles. The SMILES string of the molecule is CCNc1nccc(-c2c(-c3ccc(F)cc3)nc3n2C(COc2nc4ccccc4cc2Cl)CC3)n1. The molecule has 0 fully saturated rings. The van der Waals surface area contributed by atoms with E-state index in [0.717, 1.165) is 52.2 Å². The fraction of sp³-hybridized carbons (Fsp3) is 0.214. The van der Waals surface area contributed by atoms with Gasteiger partial charge in [0, 0.05) is 30.1 Å². The monoisotopic (exact) mass is 514 g/mol. The summed E-state index contributed by atoms with van der Waals surface area (Å²) in [5.74, 6) is 1.59. The Hall–Kier alpha value is -4.04. The van der Waals surface area contributed by atoms with Crippen LogP contribution in [0.25, 0.3) is 33.5 Å². The number of benzene rings is 2. The van der Waals surface area contributed by atoms with E-state index in [1.807, 2.05) is 43.3 Å². The van der Waals surface area contributed by atoms with Crippen molar-refractivity contribution in [3.05, 3.63) is 83.5 Å². The maximum absolute atomic E-state index is 13.7. The molecule has 7 nitrogen and oxygen atoms in total. The Morgan fingerprint density at radius 3 is 2.76 bits per heavy atom. The summed E-state index contributed by atoms with van der Waals surface area (Å²) in [6.45, 7) is 3.07. The molecule has 0 saturated carbocycles. The van der Waals surface area contributed by atoms with E-state index in [9.17, 15) is 4.39 Å². The normalized spacial score (nSPS) is 14.6. The summed E-state index contributed by atoms with van der Waals surface area (Å²) in [4.78, 5) is 18.7. The van der Waals surface area contributed by atoms with Crippen LogP contribution in [0.1, 0.15) is 25.2 Å². The molecule has 6 rings (SSSR count). The molecule has 1 unspecified atom stereocenters. The van der Waals surface area contributed by atoms with Gasteiger partial charge in [0.05, 0.1) is 28.6 Å². The average Bonchev–Trinajstić information content (AvgIpc) is 3.48. The number of aryl methyl sites for hydroxylation is 1. The fourth-order valence-corrected chi connectivity index (χ4v) is 4.98. The van der Waals surface area contributed by atoms with Crippen LogP contribution in [0, 0.1) is 5.82 Å². The van der Waals surface area contributed by atoms with Crippen LogP contribution in [0.2, 0.25) is 5.02 Å². The van der Waals surface area contributed by atoms with Crippen LogP contribution in [-0.4, -0.2) is 37.7 Å². The topological polar surface area (TPSA) is 77.8 Å². The van der Waals surface area contributed by atoms with Crippen LogP contribution >= 0.6 is 11.6 Å². The summed E-state index contributed by atoms with van der Waals surface area (Å²) in [7, 11) is 0. The number of imidazole rings is 1. The molecule has 0 spiro atoms. The molecule has 4 heterocycles. The summed E-state index contributed by atoms with van der Waals surface area (Å²) in [6, 6.07) is 17.9. The molecule has 0 bridgehead atoms. The van der Waals surface area contributed by atoms with Crippen molar-refractivity contribution in [1.29, 1.82) is 0 Å². The Kier molecular flexibility index (Phi) is 6.18. The number of nitrogens with zero attached hydrogens (tertiary/aromatic N) is 5. The molecular weight excluding hydrogens is 491 g/mol. The van der Waals surface area contributed by atoms with Crippen LogP contribution in [-0.2, 0) is 6.42 Å². The van der Waals surface area contributed by atoms with Crippen LogP contribution in [0.3, 0.4) is 0 Å². The highest BCUT2D eigenvalue weighted by molar-refractivity contribution is 6.32. The number of halogens is 2. The van der Waals surface area contributed by atoms with Gasteiger partial charge < -0.3 is 14.6 Å². The van der Waals surface area contributed by atoms with Crippen molar-refractivity contribution < 1.29 is 9.13 Å². The molecule has 1 atom stereocenters. The summed E-state index contributed by atoms with van der Waals surface area (Å²) >= 11 is 6.50. The first-order valence-corrected chi connectivity index (χ1v) is 12.6. The molecule has 186 valence electrons. The number of fused-ring (bicyclic) bond motifs is 2. The van der Waals surface area contributed by atoms with Gasteiger partial charge in [-0.25, -0.2) is 24.3 Å². The van der Waals surface area contributed by atoms with Gasteiger partial charge in [0.1, 0.15) is 23.3 Å². The molecule has 2 aromatic carbocycles. The number of pyridine rings is 1. The molecule has 1 aliphatic rings. The van der Waals surface area contributed by atoms with E-state index in [1.54, 1.807) is 18.3 Å². The van der Waals surface area contributed by atoms with Gasteiger partial charge in [-0.2, -0.15) is 0 Å². The molecule has 0 aliphatic carbocycles. The minimum atomic E-state index is -0.292. The molecule has 5 aromatic rings. The van der Waals surface area contributed by atoms with Gasteiger partial charge in [-0.1, -0.05) is 29.8 Å². The first kappa shape index (κ1) is 23.4. The second kappa shape index (κ2) is 9.78. The van der Waals surface area contributed by atoms with E-state index in [1.165, 1.54) is 12.1 Å². The van der Waals surface area contributed by atoms with Gasteiger partial charge >= 0.3 is 0 Å². The Balaban J connectivity index is 1.39. The minimum Gasteiger partial charge on any atom is -0.474 e. The largest absolute Gasteiger partial charge is 0.474 e. The van der Waals surface area contributed by atoms with Crippen LogP contribution in [0.15, 0.2) is 66.9 Å². The maximum Gasteiger partial charge on any atom is 0.233 e. The molecule has 1 N–H and O–H groups in total. The number of para-hydroxylation sites is 1. The lowest BCUT2D eigenvalue weighted by molar-refractivity contribution is 0.248.